The fourth-order valence-corrected chi connectivity index (χ4v) is 1.90. The monoisotopic (exact) mass is 308 g/mol. The third-order valence-electron chi connectivity index (χ3n) is 2.74. The molecule has 0 amide bonds. The van der Waals surface area contributed by atoms with Crippen molar-refractivity contribution in [2.24, 2.45) is 0 Å². The molecule has 0 aliphatic rings. The van der Waals surface area contributed by atoms with Gasteiger partial charge in [0.15, 0.2) is 0 Å². The van der Waals surface area contributed by atoms with E-state index in [4.69, 9.17) is 22.1 Å². The van der Waals surface area contributed by atoms with Crippen molar-refractivity contribution in [1.29, 1.82) is 0 Å². The molecule has 6 heteroatoms. The van der Waals surface area contributed by atoms with Gasteiger partial charge in [-0.15, -0.1) is 0 Å². The molecule has 0 spiro atoms. The van der Waals surface area contributed by atoms with Gasteiger partial charge in [0.2, 0.25) is 0 Å². The average Bonchev–Trinajstić information content (AvgIpc) is 2.45. The second-order valence-electron chi connectivity index (χ2n) is 4.28. The standard InChI is InChI=1S/C15H14ClFN2O2/c1-2-21-15(20)11-7-9(18)3-6-14(11)19-10-4-5-12(16)13(17)8-10/h3-8,19H,2,18H2,1H3. The number of hydrogen-bond donors (Lipinski definition) is 2. The lowest BCUT2D eigenvalue weighted by Gasteiger charge is -2.12. The summed E-state index contributed by atoms with van der Waals surface area (Å²) in [4.78, 5) is 11.9. The van der Waals surface area contributed by atoms with E-state index in [1.54, 1.807) is 25.1 Å². The van der Waals surface area contributed by atoms with Gasteiger partial charge in [0.25, 0.3) is 0 Å². The van der Waals surface area contributed by atoms with E-state index in [2.05, 4.69) is 5.32 Å². The molecule has 3 N–H and O–H groups in total. The maximum absolute atomic E-state index is 13.4. The lowest BCUT2D eigenvalue weighted by molar-refractivity contribution is 0.0527. The molecule has 0 saturated carbocycles. The Bertz CT molecular complexity index is 677. The molecule has 0 saturated heterocycles. The van der Waals surface area contributed by atoms with Crippen molar-refractivity contribution in [3.05, 3.63) is 52.8 Å². The van der Waals surface area contributed by atoms with Crippen LogP contribution in [0.3, 0.4) is 0 Å². The van der Waals surface area contributed by atoms with Gasteiger partial charge in [-0.25, -0.2) is 9.18 Å². The summed E-state index contributed by atoms with van der Waals surface area (Å²) in [7, 11) is 0. The van der Waals surface area contributed by atoms with Gasteiger partial charge in [-0.3, -0.25) is 0 Å². The zero-order valence-corrected chi connectivity index (χ0v) is 12.1. The van der Waals surface area contributed by atoms with Crippen LogP contribution in [0.4, 0.5) is 21.5 Å². The Morgan fingerprint density at radius 2 is 2.10 bits per heavy atom. The molecule has 2 aromatic rings. The first kappa shape index (κ1) is 15.1. The first-order valence-electron chi connectivity index (χ1n) is 6.30. The number of hydrogen-bond acceptors (Lipinski definition) is 4. The number of nitrogen functional groups attached to an aromatic ring is 1. The molecule has 0 unspecified atom stereocenters. The minimum atomic E-state index is -0.546. The van der Waals surface area contributed by atoms with E-state index >= 15 is 0 Å². The molecular weight excluding hydrogens is 295 g/mol. The Balaban J connectivity index is 2.34. The largest absolute Gasteiger partial charge is 0.462 e. The lowest BCUT2D eigenvalue weighted by atomic mass is 10.1. The molecule has 0 aliphatic carbocycles. The number of carbonyl (C=O) groups is 1. The smallest absolute Gasteiger partial charge is 0.340 e. The van der Waals surface area contributed by atoms with E-state index < -0.39 is 11.8 Å². The van der Waals surface area contributed by atoms with Crippen molar-refractivity contribution in [3.8, 4) is 0 Å². The fraction of sp³-hybridized carbons (Fsp3) is 0.133. The van der Waals surface area contributed by atoms with Crippen LogP contribution >= 0.6 is 11.6 Å². The van der Waals surface area contributed by atoms with Crippen LogP contribution in [0.2, 0.25) is 5.02 Å². The summed E-state index contributed by atoms with van der Waals surface area (Å²) >= 11 is 5.63. The summed E-state index contributed by atoms with van der Waals surface area (Å²) in [5.41, 5.74) is 7.35. The zero-order chi connectivity index (χ0) is 15.4. The molecule has 0 heterocycles. The van der Waals surface area contributed by atoms with Crippen molar-refractivity contribution in [2.75, 3.05) is 17.7 Å². The minimum Gasteiger partial charge on any atom is -0.462 e. The SMILES string of the molecule is CCOC(=O)c1cc(N)ccc1Nc1ccc(Cl)c(F)c1. The normalized spacial score (nSPS) is 10.2. The molecule has 2 aromatic carbocycles. The number of ether oxygens (including phenoxy) is 1. The van der Waals surface area contributed by atoms with Crippen LogP contribution in [0.25, 0.3) is 0 Å². The second-order valence-corrected chi connectivity index (χ2v) is 4.69. The summed E-state index contributed by atoms with van der Waals surface area (Å²) in [5.74, 6) is -1.04. The highest BCUT2D eigenvalue weighted by molar-refractivity contribution is 6.30. The van der Waals surface area contributed by atoms with Crippen LogP contribution < -0.4 is 11.1 Å². The summed E-state index contributed by atoms with van der Waals surface area (Å²) in [6, 6.07) is 9.06. The van der Waals surface area contributed by atoms with E-state index in [-0.39, 0.29) is 17.2 Å². The number of nitrogens with two attached hydrogens (primary N) is 1. The number of esters is 1. The minimum absolute atomic E-state index is 0.0310. The summed E-state index contributed by atoms with van der Waals surface area (Å²) in [5, 5.41) is 2.98. The quantitative estimate of drug-likeness (QED) is 0.662. The van der Waals surface area contributed by atoms with Crippen molar-refractivity contribution >= 4 is 34.6 Å². The van der Waals surface area contributed by atoms with Crippen LogP contribution in [0.15, 0.2) is 36.4 Å². The Kier molecular flexibility index (Phi) is 4.65. The Morgan fingerprint density at radius 1 is 1.33 bits per heavy atom. The van der Waals surface area contributed by atoms with Crippen LogP contribution in [-0.2, 0) is 4.74 Å². The molecule has 0 atom stereocenters. The van der Waals surface area contributed by atoms with Crippen LogP contribution in [-0.4, -0.2) is 12.6 Å². The molecule has 0 radical (unpaired) electrons. The average molecular weight is 309 g/mol. The zero-order valence-electron chi connectivity index (χ0n) is 11.3. The van der Waals surface area contributed by atoms with Gasteiger partial charge in [0.1, 0.15) is 5.82 Å². The Hall–Kier alpha value is -2.27. The van der Waals surface area contributed by atoms with Gasteiger partial charge in [0.05, 0.1) is 22.9 Å². The molecule has 110 valence electrons. The van der Waals surface area contributed by atoms with E-state index in [1.807, 2.05) is 0 Å². The molecule has 21 heavy (non-hydrogen) atoms. The van der Waals surface area contributed by atoms with Crippen molar-refractivity contribution in [1.82, 2.24) is 0 Å². The number of rotatable bonds is 4. The van der Waals surface area contributed by atoms with Gasteiger partial charge < -0.3 is 15.8 Å². The highest BCUT2D eigenvalue weighted by Gasteiger charge is 2.13. The first-order chi connectivity index (χ1) is 10.0. The summed E-state index contributed by atoms with van der Waals surface area (Å²) in [6.45, 7) is 1.97. The molecule has 0 aromatic heterocycles. The van der Waals surface area contributed by atoms with Gasteiger partial charge >= 0.3 is 5.97 Å². The topological polar surface area (TPSA) is 64.3 Å². The predicted octanol–water partition coefficient (Wildman–Crippen LogP) is 3.98. The second kappa shape index (κ2) is 6.45. The third kappa shape index (κ3) is 3.64. The molecular formula is C15H14ClFN2O2. The maximum Gasteiger partial charge on any atom is 0.340 e. The molecule has 0 aliphatic heterocycles. The van der Waals surface area contributed by atoms with Crippen LogP contribution in [0.1, 0.15) is 17.3 Å². The highest BCUT2D eigenvalue weighted by Crippen LogP contribution is 2.26. The third-order valence-corrected chi connectivity index (χ3v) is 3.04. The number of anilines is 3. The van der Waals surface area contributed by atoms with E-state index in [1.165, 1.54) is 18.2 Å². The molecule has 2 rings (SSSR count). The molecule has 4 nitrogen and oxygen atoms in total. The van der Waals surface area contributed by atoms with Crippen LogP contribution in [0.5, 0.6) is 0 Å². The molecule has 0 fully saturated rings. The van der Waals surface area contributed by atoms with E-state index in [9.17, 15) is 9.18 Å². The Morgan fingerprint density at radius 3 is 2.76 bits per heavy atom. The van der Waals surface area contributed by atoms with Crippen molar-refractivity contribution in [3.63, 3.8) is 0 Å². The summed E-state index contributed by atoms with van der Waals surface area (Å²) in [6.07, 6.45) is 0. The van der Waals surface area contributed by atoms with Gasteiger partial charge in [-0.05, 0) is 43.3 Å². The van der Waals surface area contributed by atoms with E-state index in [0.29, 0.717) is 17.1 Å². The summed E-state index contributed by atoms with van der Waals surface area (Å²) < 4.78 is 18.4. The van der Waals surface area contributed by atoms with Gasteiger partial charge in [-0.1, -0.05) is 11.6 Å². The number of carbonyl (C=O) groups excluding carboxylic acids is 1. The van der Waals surface area contributed by atoms with Crippen LogP contribution in [0, 0.1) is 5.82 Å². The van der Waals surface area contributed by atoms with Gasteiger partial charge in [0, 0.05) is 11.4 Å². The predicted molar refractivity (Wildman–Crippen MR) is 81.5 cm³/mol. The first-order valence-corrected chi connectivity index (χ1v) is 6.67. The van der Waals surface area contributed by atoms with E-state index in [0.717, 1.165) is 0 Å². The number of nitrogens with one attached hydrogen (secondary N) is 1. The molecule has 0 bridgehead atoms. The number of halogens is 2. The van der Waals surface area contributed by atoms with Gasteiger partial charge in [-0.2, -0.15) is 0 Å². The Labute approximate surface area is 126 Å². The maximum atomic E-state index is 13.4. The fourth-order valence-electron chi connectivity index (χ4n) is 1.78. The van der Waals surface area contributed by atoms with Crippen molar-refractivity contribution < 1.29 is 13.9 Å². The van der Waals surface area contributed by atoms with Crippen molar-refractivity contribution in [2.45, 2.75) is 6.92 Å². The highest BCUT2D eigenvalue weighted by atomic mass is 35.5. The lowest BCUT2D eigenvalue weighted by Crippen LogP contribution is -2.08. The number of benzene rings is 2.